The lowest BCUT2D eigenvalue weighted by Crippen LogP contribution is -1.81. The molecule has 0 unspecified atom stereocenters. The van der Waals surface area contributed by atoms with E-state index in [-0.39, 0.29) is 0 Å². The lowest BCUT2D eigenvalue weighted by atomic mass is 10.1. The summed E-state index contributed by atoms with van der Waals surface area (Å²) < 4.78 is 12.8. The number of rotatable bonds is 2. The maximum absolute atomic E-state index is 12.8. The molecular weight excluding hydrogens is 189 g/mol. The molecule has 66 valence electrons. The monoisotopic (exact) mass is 195 g/mol. The van der Waals surface area contributed by atoms with Gasteiger partial charge in [-0.2, -0.15) is 5.26 Å². The van der Waals surface area contributed by atoms with Crippen molar-refractivity contribution in [1.29, 1.82) is 5.26 Å². The molecule has 3 heteroatoms. The fraction of sp³-hybridized carbons (Fsp3) is 0.100. The van der Waals surface area contributed by atoms with Gasteiger partial charge in [0.1, 0.15) is 5.82 Å². The van der Waals surface area contributed by atoms with Crippen LogP contribution in [0.2, 0.25) is 0 Å². The number of hydrogen-bond acceptors (Lipinski definition) is 1. The number of alkyl halides is 1. The SMILES string of the molecule is N#Cc1cc(F)cc(C=CCCl)c1. The van der Waals surface area contributed by atoms with Crippen LogP contribution in [0.1, 0.15) is 11.1 Å². The molecule has 0 aromatic heterocycles. The summed E-state index contributed by atoms with van der Waals surface area (Å²) >= 11 is 5.42. The lowest BCUT2D eigenvalue weighted by molar-refractivity contribution is 0.627. The first-order chi connectivity index (χ1) is 6.26. The van der Waals surface area contributed by atoms with E-state index < -0.39 is 5.82 Å². The van der Waals surface area contributed by atoms with Crippen LogP contribution in [-0.4, -0.2) is 5.88 Å². The molecule has 0 aliphatic rings. The number of hydrogen-bond donors (Lipinski definition) is 0. The lowest BCUT2D eigenvalue weighted by Gasteiger charge is -1.94. The van der Waals surface area contributed by atoms with Crippen LogP contribution in [0.15, 0.2) is 24.3 Å². The Morgan fingerprint density at radius 3 is 2.85 bits per heavy atom. The van der Waals surface area contributed by atoms with Crippen LogP contribution in [0.4, 0.5) is 4.39 Å². The molecule has 0 fully saturated rings. The van der Waals surface area contributed by atoms with E-state index in [2.05, 4.69) is 0 Å². The third-order valence-corrected chi connectivity index (χ3v) is 1.63. The van der Waals surface area contributed by atoms with Crippen LogP contribution in [-0.2, 0) is 0 Å². The standard InChI is InChI=1S/C10H7ClFN/c11-3-1-2-8-4-9(7-13)6-10(12)5-8/h1-2,4-6H,3H2. The highest BCUT2D eigenvalue weighted by Crippen LogP contribution is 2.09. The second-order valence-corrected chi connectivity index (χ2v) is 2.75. The van der Waals surface area contributed by atoms with Crippen molar-refractivity contribution < 1.29 is 4.39 Å². The van der Waals surface area contributed by atoms with Gasteiger partial charge in [-0.05, 0) is 23.8 Å². The van der Waals surface area contributed by atoms with Crippen LogP contribution in [0.5, 0.6) is 0 Å². The second-order valence-electron chi connectivity index (χ2n) is 2.44. The van der Waals surface area contributed by atoms with Crippen LogP contribution >= 0.6 is 11.6 Å². The van der Waals surface area contributed by atoms with Crippen molar-refractivity contribution in [3.05, 3.63) is 41.2 Å². The van der Waals surface area contributed by atoms with Crippen molar-refractivity contribution in [2.45, 2.75) is 0 Å². The molecule has 0 aliphatic carbocycles. The number of allylic oxidation sites excluding steroid dienone is 1. The zero-order valence-electron chi connectivity index (χ0n) is 6.80. The first-order valence-electron chi connectivity index (χ1n) is 3.69. The van der Waals surface area contributed by atoms with E-state index in [1.165, 1.54) is 12.1 Å². The van der Waals surface area contributed by atoms with E-state index in [0.29, 0.717) is 17.0 Å². The largest absolute Gasteiger partial charge is 0.207 e. The van der Waals surface area contributed by atoms with Crippen molar-refractivity contribution in [3.8, 4) is 6.07 Å². The van der Waals surface area contributed by atoms with Gasteiger partial charge in [-0.25, -0.2) is 4.39 Å². The number of benzene rings is 1. The highest BCUT2D eigenvalue weighted by atomic mass is 35.5. The van der Waals surface area contributed by atoms with Crippen molar-refractivity contribution in [3.63, 3.8) is 0 Å². The first-order valence-corrected chi connectivity index (χ1v) is 4.23. The number of nitriles is 1. The highest BCUT2D eigenvalue weighted by Gasteiger charge is 1.96. The third-order valence-electron chi connectivity index (χ3n) is 1.45. The molecule has 0 heterocycles. The maximum Gasteiger partial charge on any atom is 0.125 e. The molecule has 1 nitrogen and oxygen atoms in total. The predicted octanol–water partition coefficient (Wildman–Crippen LogP) is 2.95. The molecule has 1 aromatic carbocycles. The summed E-state index contributed by atoms with van der Waals surface area (Å²) in [7, 11) is 0. The van der Waals surface area contributed by atoms with Gasteiger partial charge >= 0.3 is 0 Å². The molecule has 1 aromatic rings. The summed E-state index contributed by atoms with van der Waals surface area (Å²) in [6.45, 7) is 0. The van der Waals surface area contributed by atoms with E-state index in [1.807, 2.05) is 6.07 Å². The number of nitrogens with zero attached hydrogens (tertiary/aromatic N) is 1. The minimum absolute atomic E-state index is 0.314. The van der Waals surface area contributed by atoms with Gasteiger partial charge in [-0.15, -0.1) is 11.6 Å². The Bertz CT molecular complexity index is 366. The minimum atomic E-state index is -0.409. The fourth-order valence-electron chi connectivity index (χ4n) is 0.954. The Hall–Kier alpha value is -1.33. The van der Waals surface area contributed by atoms with Crippen molar-refractivity contribution >= 4 is 17.7 Å². The Labute approximate surface area is 81.1 Å². The molecule has 1 rings (SSSR count). The van der Waals surface area contributed by atoms with Gasteiger partial charge in [0, 0.05) is 5.88 Å². The summed E-state index contributed by atoms with van der Waals surface area (Å²) in [5.74, 6) is -0.0356. The summed E-state index contributed by atoms with van der Waals surface area (Å²) in [6.07, 6.45) is 3.37. The predicted molar refractivity (Wildman–Crippen MR) is 50.9 cm³/mol. The maximum atomic E-state index is 12.8. The molecule has 0 N–H and O–H groups in total. The summed E-state index contributed by atoms with van der Waals surface area (Å²) in [5.41, 5.74) is 0.964. The van der Waals surface area contributed by atoms with E-state index in [1.54, 1.807) is 18.2 Å². The molecule has 0 saturated heterocycles. The van der Waals surface area contributed by atoms with Crippen molar-refractivity contribution in [1.82, 2.24) is 0 Å². The van der Waals surface area contributed by atoms with Crippen LogP contribution in [0.25, 0.3) is 6.08 Å². The molecule has 0 amide bonds. The number of halogens is 2. The van der Waals surface area contributed by atoms with Gasteiger partial charge in [0.15, 0.2) is 0 Å². The Balaban J connectivity index is 3.03. The Morgan fingerprint density at radius 1 is 1.46 bits per heavy atom. The average Bonchev–Trinajstić information content (AvgIpc) is 2.14. The second kappa shape index (κ2) is 4.64. The smallest absolute Gasteiger partial charge is 0.125 e. The molecule has 0 spiro atoms. The molecule has 0 aliphatic heterocycles. The van der Waals surface area contributed by atoms with Gasteiger partial charge in [0.25, 0.3) is 0 Å². The minimum Gasteiger partial charge on any atom is -0.207 e. The summed E-state index contributed by atoms with van der Waals surface area (Å²) in [4.78, 5) is 0. The van der Waals surface area contributed by atoms with Gasteiger partial charge in [0.2, 0.25) is 0 Å². The van der Waals surface area contributed by atoms with E-state index >= 15 is 0 Å². The molecule has 0 atom stereocenters. The summed E-state index contributed by atoms with van der Waals surface area (Å²) in [6, 6.07) is 6.02. The van der Waals surface area contributed by atoms with Crippen molar-refractivity contribution in [2.24, 2.45) is 0 Å². The van der Waals surface area contributed by atoms with E-state index in [4.69, 9.17) is 16.9 Å². The molecule has 13 heavy (non-hydrogen) atoms. The average molecular weight is 196 g/mol. The van der Waals surface area contributed by atoms with Gasteiger partial charge in [-0.3, -0.25) is 0 Å². The molecule has 0 bridgehead atoms. The fourth-order valence-corrected chi connectivity index (χ4v) is 1.04. The van der Waals surface area contributed by atoms with Crippen molar-refractivity contribution in [2.75, 3.05) is 5.88 Å². The van der Waals surface area contributed by atoms with Crippen LogP contribution in [0.3, 0.4) is 0 Å². The highest BCUT2D eigenvalue weighted by molar-refractivity contribution is 6.19. The Morgan fingerprint density at radius 2 is 2.23 bits per heavy atom. The Kier molecular flexibility index (Phi) is 3.48. The topological polar surface area (TPSA) is 23.8 Å². The quantitative estimate of drug-likeness (QED) is 0.666. The zero-order valence-corrected chi connectivity index (χ0v) is 7.55. The molecular formula is C10H7ClFN. The van der Waals surface area contributed by atoms with Crippen LogP contribution < -0.4 is 0 Å². The molecule has 0 radical (unpaired) electrons. The first kappa shape index (κ1) is 9.76. The zero-order chi connectivity index (χ0) is 9.68. The van der Waals surface area contributed by atoms with Gasteiger partial charge in [0.05, 0.1) is 11.6 Å². The van der Waals surface area contributed by atoms with Gasteiger partial charge in [-0.1, -0.05) is 12.2 Å². The normalized spacial score (nSPS) is 10.2. The van der Waals surface area contributed by atoms with E-state index in [0.717, 1.165) is 0 Å². The van der Waals surface area contributed by atoms with E-state index in [9.17, 15) is 4.39 Å². The summed E-state index contributed by atoms with van der Waals surface area (Å²) in [5, 5.41) is 8.55. The third kappa shape index (κ3) is 2.89. The molecule has 0 saturated carbocycles. The van der Waals surface area contributed by atoms with Crippen LogP contribution in [0, 0.1) is 17.1 Å². The van der Waals surface area contributed by atoms with Gasteiger partial charge < -0.3 is 0 Å².